The predicted octanol–water partition coefficient (Wildman–Crippen LogP) is 1.99. The zero-order valence-corrected chi connectivity index (χ0v) is 12.6. The van der Waals surface area contributed by atoms with Crippen molar-refractivity contribution in [1.82, 2.24) is 4.72 Å². The van der Waals surface area contributed by atoms with Gasteiger partial charge in [-0.05, 0) is 31.1 Å². The molecule has 0 radical (unpaired) electrons. The SMILES string of the molecule is CC(C)CC(NS(=O)(=O)CC1CCCCC1)C(=O)O. The average Bonchev–Trinajstić information content (AvgIpc) is 2.27. The van der Waals surface area contributed by atoms with Gasteiger partial charge in [-0.3, -0.25) is 4.79 Å². The van der Waals surface area contributed by atoms with Crippen molar-refractivity contribution < 1.29 is 18.3 Å². The minimum absolute atomic E-state index is 0.0644. The first kappa shape index (κ1) is 16.4. The van der Waals surface area contributed by atoms with E-state index in [0.717, 1.165) is 25.7 Å². The third-order valence-corrected chi connectivity index (χ3v) is 5.06. The number of aliphatic carboxylic acids is 1. The van der Waals surface area contributed by atoms with Gasteiger partial charge in [0.1, 0.15) is 6.04 Å². The highest BCUT2D eigenvalue weighted by atomic mass is 32.2. The Balaban J connectivity index is 2.57. The molecule has 1 aliphatic rings. The molecule has 1 atom stereocenters. The average molecular weight is 291 g/mol. The summed E-state index contributed by atoms with van der Waals surface area (Å²) in [4.78, 5) is 11.1. The van der Waals surface area contributed by atoms with Crippen molar-refractivity contribution in [3.63, 3.8) is 0 Å². The zero-order chi connectivity index (χ0) is 14.5. The van der Waals surface area contributed by atoms with Crippen LogP contribution in [0.1, 0.15) is 52.4 Å². The van der Waals surface area contributed by atoms with Crippen LogP contribution in [0.3, 0.4) is 0 Å². The summed E-state index contributed by atoms with van der Waals surface area (Å²) < 4.78 is 26.4. The number of hydrogen-bond donors (Lipinski definition) is 2. The molecule has 0 amide bonds. The van der Waals surface area contributed by atoms with E-state index in [9.17, 15) is 13.2 Å². The van der Waals surface area contributed by atoms with Gasteiger partial charge in [0.15, 0.2) is 0 Å². The van der Waals surface area contributed by atoms with Crippen LogP contribution in [-0.2, 0) is 14.8 Å². The Bertz CT molecular complexity index is 385. The monoisotopic (exact) mass is 291 g/mol. The molecule has 112 valence electrons. The van der Waals surface area contributed by atoms with Gasteiger partial charge in [0.2, 0.25) is 10.0 Å². The topological polar surface area (TPSA) is 83.5 Å². The number of rotatable bonds is 7. The van der Waals surface area contributed by atoms with Crippen LogP contribution in [0.2, 0.25) is 0 Å². The molecule has 19 heavy (non-hydrogen) atoms. The fourth-order valence-corrected chi connectivity index (χ4v) is 4.28. The lowest BCUT2D eigenvalue weighted by molar-refractivity contribution is -0.139. The lowest BCUT2D eigenvalue weighted by Gasteiger charge is -2.23. The fraction of sp³-hybridized carbons (Fsp3) is 0.923. The minimum atomic E-state index is -3.50. The van der Waals surface area contributed by atoms with Crippen LogP contribution < -0.4 is 4.72 Å². The van der Waals surface area contributed by atoms with Crippen LogP contribution in [0.15, 0.2) is 0 Å². The third-order valence-electron chi connectivity index (χ3n) is 3.51. The lowest BCUT2D eigenvalue weighted by atomic mass is 9.91. The van der Waals surface area contributed by atoms with Gasteiger partial charge in [-0.15, -0.1) is 0 Å². The van der Waals surface area contributed by atoms with Crippen molar-refractivity contribution in [2.24, 2.45) is 11.8 Å². The highest BCUT2D eigenvalue weighted by molar-refractivity contribution is 7.89. The van der Waals surface area contributed by atoms with E-state index in [0.29, 0.717) is 6.42 Å². The summed E-state index contributed by atoms with van der Waals surface area (Å²) in [6, 6.07) is -1.01. The molecule has 1 aliphatic carbocycles. The van der Waals surface area contributed by atoms with Crippen LogP contribution in [0.5, 0.6) is 0 Å². The predicted molar refractivity (Wildman–Crippen MR) is 74.4 cm³/mol. The van der Waals surface area contributed by atoms with Crippen LogP contribution in [-0.4, -0.2) is 31.3 Å². The van der Waals surface area contributed by atoms with Gasteiger partial charge >= 0.3 is 5.97 Å². The molecule has 0 spiro atoms. The Labute approximate surface area is 115 Å². The van der Waals surface area contributed by atoms with Crippen LogP contribution in [0.4, 0.5) is 0 Å². The van der Waals surface area contributed by atoms with E-state index in [4.69, 9.17) is 5.11 Å². The molecule has 1 fully saturated rings. The molecule has 0 bridgehead atoms. The van der Waals surface area contributed by atoms with E-state index in [-0.39, 0.29) is 17.6 Å². The summed E-state index contributed by atoms with van der Waals surface area (Å²) >= 11 is 0. The van der Waals surface area contributed by atoms with Crippen molar-refractivity contribution in [2.45, 2.75) is 58.4 Å². The van der Waals surface area contributed by atoms with Crippen molar-refractivity contribution in [3.8, 4) is 0 Å². The Morgan fingerprint density at radius 3 is 2.32 bits per heavy atom. The van der Waals surface area contributed by atoms with Gasteiger partial charge in [0, 0.05) is 0 Å². The molecule has 0 aromatic heterocycles. The molecule has 6 heteroatoms. The first-order chi connectivity index (χ1) is 8.80. The summed E-state index contributed by atoms with van der Waals surface area (Å²) in [5.74, 6) is -0.714. The molecule has 1 saturated carbocycles. The third kappa shape index (κ3) is 6.38. The molecule has 1 rings (SSSR count). The van der Waals surface area contributed by atoms with Crippen molar-refractivity contribution in [1.29, 1.82) is 0 Å². The van der Waals surface area contributed by atoms with Crippen molar-refractivity contribution >= 4 is 16.0 Å². The fourth-order valence-electron chi connectivity index (χ4n) is 2.60. The van der Waals surface area contributed by atoms with Gasteiger partial charge in [-0.1, -0.05) is 33.1 Å². The lowest BCUT2D eigenvalue weighted by Crippen LogP contribution is -2.43. The van der Waals surface area contributed by atoms with Crippen LogP contribution in [0, 0.1) is 11.8 Å². The van der Waals surface area contributed by atoms with Gasteiger partial charge in [0.05, 0.1) is 5.75 Å². The number of nitrogens with one attached hydrogen (secondary N) is 1. The molecule has 0 aromatic rings. The maximum absolute atomic E-state index is 12.0. The number of hydrogen-bond acceptors (Lipinski definition) is 3. The van der Waals surface area contributed by atoms with Gasteiger partial charge < -0.3 is 5.11 Å². The molecular formula is C13H25NO4S. The van der Waals surface area contributed by atoms with Crippen LogP contribution in [0.25, 0.3) is 0 Å². The Kier molecular flexibility index (Phi) is 6.26. The number of carboxylic acids is 1. The normalized spacial score (nSPS) is 19.5. The van der Waals surface area contributed by atoms with Gasteiger partial charge in [-0.25, -0.2) is 13.1 Å². The summed E-state index contributed by atoms with van der Waals surface area (Å²) in [5.41, 5.74) is 0. The maximum Gasteiger partial charge on any atom is 0.321 e. The molecular weight excluding hydrogens is 266 g/mol. The quantitative estimate of drug-likeness (QED) is 0.751. The highest BCUT2D eigenvalue weighted by Crippen LogP contribution is 2.24. The Morgan fingerprint density at radius 2 is 1.84 bits per heavy atom. The van der Waals surface area contributed by atoms with E-state index >= 15 is 0 Å². The first-order valence-corrected chi connectivity index (χ1v) is 8.68. The van der Waals surface area contributed by atoms with Crippen LogP contribution >= 0.6 is 0 Å². The molecule has 2 N–H and O–H groups in total. The van der Waals surface area contributed by atoms with E-state index in [1.807, 2.05) is 13.8 Å². The number of carboxylic acid groups (broad SMARTS) is 1. The Morgan fingerprint density at radius 1 is 1.26 bits per heavy atom. The second-order valence-corrected chi connectivity index (χ2v) is 7.72. The van der Waals surface area contributed by atoms with Gasteiger partial charge in [-0.2, -0.15) is 0 Å². The molecule has 5 nitrogen and oxygen atoms in total. The summed E-state index contributed by atoms with van der Waals surface area (Å²) in [5, 5.41) is 9.06. The Hall–Kier alpha value is -0.620. The second-order valence-electron chi connectivity index (χ2n) is 5.92. The molecule has 0 saturated heterocycles. The largest absolute Gasteiger partial charge is 0.480 e. The zero-order valence-electron chi connectivity index (χ0n) is 11.8. The van der Waals surface area contributed by atoms with E-state index in [1.54, 1.807) is 0 Å². The van der Waals surface area contributed by atoms with Crippen molar-refractivity contribution in [3.05, 3.63) is 0 Å². The van der Waals surface area contributed by atoms with E-state index in [1.165, 1.54) is 6.42 Å². The first-order valence-electron chi connectivity index (χ1n) is 7.03. The smallest absolute Gasteiger partial charge is 0.321 e. The summed E-state index contributed by atoms with van der Waals surface area (Å²) in [6.45, 7) is 3.76. The maximum atomic E-state index is 12.0. The number of carbonyl (C=O) groups is 1. The van der Waals surface area contributed by atoms with Gasteiger partial charge in [0.25, 0.3) is 0 Å². The van der Waals surface area contributed by atoms with E-state index < -0.39 is 22.0 Å². The molecule has 0 aliphatic heterocycles. The number of sulfonamides is 1. The molecule has 0 aromatic carbocycles. The molecule has 1 unspecified atom stereocenters. The summed E-state index contributed by atoms with van der Waals surface area (Å²) in [7, 11) is -3.50. The van der Waals surface area contributed by atoms with E-state index in [2.05, 4.69) is 4.72 Å². The standard InChI is InChI=1S/C13H25NO4S/c1-10(2)8-12(13(15)16)14-19(17,18)9-11-6-4-3-5-7-11/h10-12,14H,3-9H2,1-2H3,(H,15,16). The highest BCUT2D eigenvalue weighted by Gasteiger charge is 2.27. The summed E-state index contributed by atoms with van der Waals surface area (Å²) in [6.07, 6.45) is 5.52. The van der Waals surface area contributed by atoms with Crippen molar-refractivity contribution in [2.75, 3.05) is 5.75 Å². The molecule has 0 heterocycles. The minimum Gasteiger partial charge on any atom is -0.480 e. The second kappa shape index (κ2) is 7.24.